The lowest BCUT2D eigenvalue weighted by Gasteiger charge is -2.02. The summed E-state index contributed by atoms with van der Waals surface area (Å²) in [6, 6.07) is 8.43. The zero-order chi connectivity index (χ0) is 14.1. The van der Waals surface area contributed by atoms with E-state index in [2.05, 4.69) is 20.3 Å². The second-order valence-electron chi connectivity index (χ2n) is 4.25. The fraction of sp³-hybridized carbons (Fsp3) is 0.143. The van der Waals surface area contributed by atoms with Crippen molar-refractivity contribution in [3.8, 4) is 17.1 Å². The lowest BCUT2D eigenvalue weighted by atomic mass is 10.2. The molecule has 0 saturated carbocycles. The van der Waals surface area contributed by atoms with Crippen LogP contribution in [0.2, 0.25) is 0 Å². The van der Waals surface area contributed by atoms with Gasteiger partial charge in [-0.1, -0.05) is 0 Å². The summed E-state index contributed by atoms with van der Waals surface area (Å²) in [6.07, 6.45) is 0. The number of fused-ring (bicyclic) bond motifs is 1. The summed E-state index contributed by atoms with van der Waals surface area (Å²) in [5.74, 6) is 1.09. The molecule has 0 bridgehead atoms. The number of anilines is 1. The number of pyridine rings is 1. The smallest absolute Gasteiger partial charge is 0.180 e. The van der Waals surface area contributed by atoms with Crippen LogP contribution in [0.15, 0.2) is 30.3 Å². The molecular formula is C14H13FN4O. The minimum atomic E-state index is -0.422. The van der Waals surface area contributed by atoms with Crippen LogP contribution < -0.4 is 10.1 Å². The molecule has 20 heavy (non-hydrogen) atoms. The normalized spacial score (nSPS) is 10.8. The van der Waals surface area contributed by atoms with Gasteiger partial charge in [0.25, 0.3) is 0 Å². The molecule has 3 aromatic rings. The van der Waals surface area contributed by atoms with Gasteiger partial charge in [0.2, 0.25) is 0 Å². The molecule has 0 amide bonds. The number of rotatable bonds is 3. The molecule has 1 aromatic carbocycles. The highest BCUT2D eigenvalue weighted by atomic mass is 19.1. The van der Waals surface area contributed by atoms with Gasteiger partial charge in [-0.15, -0.1) is 0 Å². The van der Waals surface area contributed by atoms with Gasteiger partial charge in [0.1, 0.15) is 11.6 Å². The summed E-state index contributed by atoms with van der Waals surface area (Å²) < 4.78 is 18.6. The summed E-state index contributed by atoms with van der Waals surface area (Å²) in [6.45, 7) is 0. The number of imidazole rings is 1. The molecule has 5 nitrogen and oxygen atoms in total. The summed E-state index contributed by atoms with van der Waals surface area (Å²) in [5, 5.41) is 2.95. The molecule has 0 aliphatic carbocycles. The van der Waals surface area contributed by atoms with E-state index >= 15 is 0 Å². The van der Waals surface area contributed by atoms with Crippen molar-refractivity contribution in [2.75, 3.05) is 19.5 Å². The van der Waals surface area contributed by atoms with Crippen LogP contribution in [0.1, 0.15) is 0 Å². The molecule has 0 unspecified atom stereocenters. The Balaban J connectivity index is 2.07. The number of aromatic amines is 1. The fourth-order valence-electron chi connectivity index (χ4n) is 1.98. The minimum absolute atomic E-state index is 0.209. The van der Waals surface area contributed by atoms with Gasteiger partial charge in [-0.3, -0.25) is 0 Å². The molecule has 0 saturated heterocycles. The second-order valence-corrected chi connectivity index (χ2v) is 4.25. The summed E-state index contributed by atoms with van der Waals surface area (Å²) >= 11 is 0. The van der Waals surface area contributed by atoms with Gasteiger partial charge in [0.05, 0.1) is 12.6 Å². The largest absolute Gasteiger partial charge is 0.494 e. The molecule has 6 heteroatoms. The van der Waals surface area contributed by atoms with Gasteiger partial charge in [-0.25, -0.2) is 14.4 Å². The van der Waals surface area contributed by atoms with E-state index in [1.54, 1.807) is 19.2 Å². The van der Waals surface area contributed by atoms with Crippen molar-refractivity contribution in [3.05, 3.63) is 36.1 Å². The first-order valence-corrected chi connectivity index (χ1v) is 6.09. The highest BCUT2D eigenvalue weighted by Gasteiger charge is 2.10. The Hall–Kier alpha value is -2.63. The first-order chi connectivity index (χ1) is 9.71. The monoisotopic (exact) mass is 272 g/mol. The first-order valence-electron chi connectivity index (χ1n) is 6.09. The van der Waals surface area contributed by atoms with Crippen LogP contribution in [0.5, 0.6) is 5.75 Å². The second kappa shape index (κ2) is 4.80. The summed E-state index contributed by atoms with van der Waals surface area (Å²) in [5.41, 5.74) is 2.03. The molecule has 0 fully saturated rings. The van der Waals surface area contributed by atoms with Crippen LogP contribution in [0.25, 0.3) is 22.6 Å². The Kier molecular flexibility index (Phi) is 2.98. The van der Waals surface area contributed by atoms with Crippen LogP contribution in [0, 0.1) is 5.82 Å². The van der Waals surface area contributed by atoms with E-state index in [1.807, 2.05) is 12.1 Å². The van der Waals surface area contributed by atoms with E-state index in [-0.39, 0.29) is 5.75 Å². The number of benzene rings is 1. The molecule has 0 radical (unpaired) electrons. The highest BCUT2D eigenvalue weighted by Crippen LogP contribution is 2.25. The standard InChI is InChI=1S/C14H13FN4O/c1-16-12-6-4-10-14(18-12)19-13(17-10)8-3-5-11(20-2)9(15)7-8/h3-7H,1-2H3,(H2,16,17,18,19). The predicted molar refractivity (Wildman–Crippen MR) is 75.4 cm³/mol. The van der Waals surface area contributed by atoms with Crippen LogP contribution in [0.4, 0.5) is 10.2 Å². The number of aromatic nitrogens is 3. The van der Waals surface area contributed by atoms with E-state index in [9.17, 15) is 4.39 Å². The van der Waals surface area contributed by atoms with Crippen LogP contribution >= 0.6 is 0 Å². The lowest BCUT2D eigenvalue weighted by Crippen LogP contribution is -1.91. The molecule has 0 aliphatic rings. The van der Waals surface area contributed by atoms with Crippen molar-refractivity contribution < 1.29 is 9.13 Å². The third-order valence-corrected chi connectivity index (χ3v) is 3.03. The molecule has 102 valence electrons. The number of nitrogens with zero attached hydrogens (tertiary/aromatic N) is 2. The Morgan fingerprint density at radius 2 is 2.05 bits per heavy atom. The number of H-pyrrole nitrogens is 1. The molecule has 0 atom stereocenters. The van der Waals surface area contributed by atoms with Gasteiger partial charge in [-0.2, -0.15) is 0 Å². The Morgan fingerprint density at radius 1 is 1.20 bits per heavy atom. The highest BCUT2D eigenvalue weighted by molar-refractivity contribution is 5.77. The molecule has 2 N–H and O–H groups in total. The number of methoxy groups -OCH3 is 1. The Bertz CT molecular complexity index is 769. The topological polar surface area (TPSA) is 62.8 Å². The predicted octanol–water partition coefficient (Wildman–Crippen LogP) is 2.81. The Morgan fingerprint density at radius 3 is 2.75 bits per heavy atom. The van der Waals surface area contributed by atoms with Crippen LogP contribution in [-0.4, -0.2) is 29.1 Å². The maximum atomic E-state index is 13.7. The van der Waals surface area contributed by atoms with Crippen molar-refractivity contribution in [1.82, 2.24) is 15.0 Å². The average Bonchev–Trinajstić information content (AvgIpc) is 2.89. The van der Waals surface area contributed by atoms with Gasteiger partial charge in [0.15, 0.2) is 17.2 Å². The zero-order valence-electron chi connectivity index (χ0n) is 11.1. The van der Waals surface area contributed by atoms with Gasteiger partial charge >= 0.3 is 0 Å². The van der Waals surface area contributed by atoms with Crippen LogP contribution in [0.3, 0.4) is 0 Å². The van der Waals surface area contributed by atoms with E-state index in [4.69, 9.17) is 4.74 Å². The fourth-order valence-corrected chi connectivity index (χ4v) is 1.98. The van der Waals surface area contributed by atoms with Crippen molar-refractivity contribution in [2.24, 2.45) is 0 Å². The van der Waals surface area contributed by atoms with E-state index in [0.29, 0.717) is 17.0 Å². The molecular weight excluding hydrogens is 259 g/mol. The quantitative estimate of drug-likeness (QED) is 0.769. The van der Waals surface area contributed by atoms with Gasteiger partial charge in [-0.05, 0) is 30.3 Å². The first kappa shape index (κ1) is 12.4. The maximum absolute atomic E-state index is 13.7. The Labute approximate surface area is 114 Å². The van der Waals surface area contributed by atoms with E-state index < -0.39 is 5.82 Å². The number of halogens is 1. The maximum Gasteiger partial charge on any atom is 0.180 e. The van der Waals surface area contributed by atoms with E-state index in [0.717, 1.165) is 11.3 Å². The van der Waals surface area contributed by atoms with Crippen LogP contribution in [-0.2, 0) is 0 Å². The molecule has 3 rings (SSSR count). The zero-order valence-corrected chi connectivity index (χ0v) is 11.1. The summed E-state index contributed by atoms with van der Waals surface area (Å²) in [4.78, 5) is 11.8. The van der Waals surface area contributed by atoms with Gasteiger partial charge < -0.3 is 15.0 Å². The van der Waals surface area contributed by atoms with Crippen molar-refractivity contribution >= 4 is 17.0 Å². The lowest BCUT2D eigenvalue weighted by molar-refractivity contribution is 0.386. The number of nitrogens with one attached hydrogen (secondary N) is 2. The third-order valence-electron chi connectivity index (χ3n) is 3.03. The number of hydrogen-bond acceptors (Lipinski definition) is 4. The van der Waals surface area contributed by atoms with Crippen molar-refractivity contribution in [2.45, 2.75) is 0 Å². The third kappa shape index (κ3) is 2.05. The average molecular weight is 272 g/mol. The van der Waals surface area contributed by atoms with Crippen molar-refractivity contribution in [3.63, 3.8) is 0 Å². The number of ether oxygens (including phenoxy) is 1. The molecule has 0 spiro atoms. The van der Waals surface area contributed by atoms with E-state index in [1.165, 1.54) is 13.2 Å². The van der Waals surface area contributed by atoms with Gasteiger partial charge in [0, 0.05) is 12.6 Å². The van der Waals surface area contributed by atoms with Crippen molar-refractivity contribution in [1.29, 1.82) is 0 Å². The molecule has 0 aliphatic heterocycles. The SMILES string of the molecule is CNc1ccc2[nH]c(-c3ccc(OC)c(F)c3)nc2n1. The molecule has 2 heterocycles. The summed E-state index contributed by atoms with van der Waals surface area (Å²) in [7, 11) is 3.23. The number of hydrogen-bond donors (Lipinski definition) is 2. The minimum Gasteiger partial charge on any atom is -0.494 e. The molecule has 2 aromatic heterocycles.